The second-order valence-electron chi connectivity index (χ2n) is 4.24. The van der Waals surface area contributed by atoms with Crippen LogP contribution in [-0.4, -0.2) is 16.5 Å². The van der Waals surface area contributed by atoms with Gasteiger partial charge in [0.25, 0.3) is 0 Å². The molecule has 1 unspecified atom stereocenters. The second kappa shape index (κ2) is 6.52. The van der Waals surface area contributed by atoms with E-state index in [-0.39, 0.29) is 6.04 Å². The summed E-state index contributed by atoms with van der Waals surface area (Å²) in [5.41, 5.74) is 1.21. The predicted molar refractivity (Wildman–Crippen MR) is 82.4 cm³/mol. The van der Waals surface area contributed by atoms with Crippen LogP contribution in [0.2, 0.25) is 0 Å². The third kappa shape index (κ3) is 3.92. The molecule has 0 aliphatic rings. The molecule has 0 aliphatic heterocycles. The van der Waals surface area contributed by atoms with Crippen molar-refractivity contribution in [3.05, 3.63) is 46.7 Å². The molecule has 0 aliphatic carbocycles. The Morgan fingerprint density at radius 3 is 2.53 bits per heavy atom. The molecule has 1 atom stereocenters. The Morgan fingerprint density at radius 2 is 1.84 bits per heavy atom. The van der Waals surface area contributed by atoms with E-state index in [2.05, 4.69) is 55.6 Å². The van der Waals surface area contributed by atoms with Gasteiger partial charge in [-0.2, -0.15) is 0 Å². The van der Waals surface area contributed by atoms with E-state index in [1.54, 1.807) is 12.4 Å². The van der Waals surface area contributed by atoms with Crippen LogP contribution >= 0.6 is 15.9 Å². The van der Waals surface area contributed by atoms with Crippen molar-refractivity contribution in [3.8, 4) is 0 Å². The van der Waals surface area contributed by atoms with E-state index in [0.717, 1.165) is 22.7 Å². The van der Waals surface area contributed by atoms with Gasteiger partial charge in [-0.05, 0) is 31.5 Å². The van der Waals surface area contributed by atoms with Crippen LogP contribution in [0.1, 0.15) is 25.5 Å². The molecule has 2 N–H and O–H groups in total. The average Bonchev–Trinajstić information content (AvgIpc) is 2.40. The molecule has 0 saturated heterocycles. The molecule has 1 heterocycles. The monoisotopic (exact) mass is 320 g/mol. The largest absolute Gasteiger partial charge is 0.369 e. The van der Waals surface area contributed by atoms with Crippen molar-refractivity contribution in [1.29, 1.82) is 0 Å². The second-order valence-corrected chi connectivity index (χ2v) is 5.15. The smallest absolute Gasteiger partial charge is 0.147 e. The van der Waals surface area contributed by atoms with Gasteiger partial charge in [-0.1, -0.05) is 28.1 Å². The van der Waals surface area contributed by atoms with Crippen molar-refractivity contribution >= 4 is 27.6 Å². The maximum Gasteiger partial charge on any atom is 0.147 e. The Bertz CT molecular complexity index is 527. The number of hydrogen-bond donors (Lipinski definition) is 2. The summed E-state index contributed by atoms with van der Waals surface area (Å²) < 4.78 is 1.08. The lowest BCUT2D eigenvalue weighted by Gasteiger charge is -2.15. The quantitative estimate of drug-likeness (QED) is 0.878. The molecule has 4 nitrogen and oxygen atoms in total. The Balaban J connectivity index is 2.07. The number of rotatable bonds is 5. The zero-order chi connectivity index (χ0) is 13.7. The van der Waals surface area contributed by atoms with Crippen LogP contribution in [-0.2, 0) is 0 Å². The Kier molecular flexibility index (Phi) is 4.74. The Hall–Kier alpha value is -1.62. The van der Waals surface area contributed by atoms with Crippen molar-refractivity contribution in [1.82, 2.24) is 9.97 Å². The molecule has 0 bridgehead atoms. The first-order valence-electron chi connectivity index (χ1n) is 6.27. The third-order valence-corrected chi connectivity index (χ3v) is 3.26. The molecular formula is C14H17BrN4. The zero-order valence-electron chi connectivity index (χ0n) is 11.0. The molecule has 1 aromatic heterocycles. The number of aromatic nitrogens is 2. The van der Waals surface area contributed by atoms with E-state index in [1.165, 1.54) is 5.56 Å². The van der Waals surface area contributed by atoms with E-state index >= 15 is 0 Å². The standard InChI is InChI=1S/C14H17BrN4/c1-3-17-13-8-16-9-14(19-13)18-10(2)11-4-6-12(15)7-5-11/h4-10H,3H2,1-2H3,(H2,17,18,19). The molecule has 2 aromatic rings. The van der Waals surface area contributed by atoms with Gasteiger partial charge in [0.15, 0.2) is 0 Å². The van der Waals surface area contributed by atoms with Crippen LogP contribution in [0.15, 0.2) is 41.1 Å². The van der Waals surface area contributed by atoms with Crippen LogP contribution in [0.3, 0.4) is 0 Å². The van der Waals surface area contributed by atoms with Crippen molar-refractivity contribution in [2.24, 2.45) is 0 Å². The minimum absolute atomic E-state index is 0.180. The Labute approximate surface area is 121 Å². The Morgan fingerprint density at radius 1 is 1.16 bits per heavy atom. The van der Waals surface area contributed by atoms with Crippen molar-refractivity contribution in [2.45, 2.75) is 19.9 Å². The summed E-state index contributed by atoms with van der Waals surface area (Å²) in [5.74, 6) is 1.56. The van der Waals surface area contributed by atoms with Crippen LogP contribution < -0.4 is 10.6 Å². The van der Waals surface area contributed by atoms with Crippen LogP contribution in [0.4, 0.5) is 11.6 Å². The van der Waals surface area contributed by atoms with Crippen molar-refractivity contribution in [3.63, 3.8) is 0 Å². The molecule has 0 saturated carbocycles. The van der Waals surface area contributed by atoms with E-state index in [4.69, 9.17) is 0 Å². The van der Waals surface area contributed by atoms with Crippen LogP contribution in [0.5, 0.6) is 0 Å². The van der Waals surface area contributed by atoms with Gasteiger partial charge < -0.3 is 10.6 Å². The number of nitrogens with one attached hydrogen (secondary N) is 2. The van der Waals surface area contributed by atoms with Gasteiger partial charge in [-0.15, -0.1) is 0 Å². The predicted octanol–water partition coefficient (Wildman–Crippen LogP) is 3.84. The summed E-state index contributed by atoms with van der Waals surface area (Å²) in [4.78, 5) is 8.62. The number of anilines is 2. The maximum absolute atomic E-state index is 4.45. The summed E-state index contributed by atoms with van der Waals surface area (Å²) in [6, 6.07) is 8.43. The first kappa shape index (κ1) is 13.8. The topological polar surface area (TPSA) is 49.8 Å². The third-order valence-electron chi connectivity index (χ3n) is 2.73. The normalized spacial score (nSPS) is 11.9. The molecule has 0 fully saturated rings. The molecule has 0 amide bonds. The number of benzene rings is 1. The molecule has 0 spiro atoms. The lowest BCUT2D eigenvalue weighted by Crippen LogP contribution is -2.09. The maximum atomic E-state index is 4.45. The summed E-state index contributed by atoms with van der Waals surface area (Å²) >= 11 is 3.44. The zero-order valence-corrected chi connectivity index (χ0v) is 12.6. The summed E-state index contributed by atoms with van der Waals surface area (Å²) in [6.07, 6.45) is 3.45. The van der Waals surface area contributed by atoms with Gasteiger partial charge in [0.2, 0.25) is 0 Å². The molecule has 1 aromatic carbocycles. The fourth-order valence-corrected chi connectivity index (χ4v) is 2.02. The number of hydrogen-bond acceptors (Lipinski definition) is 4. The highest BCUT2D eigenvalue weighted by atomic mass is 79.9. The SMILES string of the molecule is CCNc1cncc(NC(C)c2ccc(Br)cc2)n1. The van der Waals surface area contributed by atoms with Gasteiger partial charge in [-0.25, -0.2) is 4.98 Å². The van der Waals surface area contributed by atoms with Gasteiger partial charge >= 0.3 is 0 Å². The molecule has 100 valence electrons. The molecule has 0 radical (unpaired) electrons. The van der Waals surface area contributed by atoms with Gasteiger partial charge in [0, 0.05) is 17.1 Å². The molecule has 5 heteroatoms. The van der Waals surface area contributed by atoms with E-state index in [0.29, 0.717) is 0 Å². The lowest BCUT2D eigenvalue weighted by atomic mass is 10.1. The summed E-state index contributed by atoms with van der Waals surface area (Å²) in [5, 5.41) is 6.50. The van der Waals surface area contributed by atoms with Gasteiger partial charge in [0.05, 0.1) is 12.4 Å². The van der Waals surface area contributed by atoms with E-state index in [1.807, 2.05) is 19.1 Å². The molecular weight excluding hydrogens is 304 g/mol. The fraction of sp³-hybridized carbons (Fsp3) is 0.286. The summed E-state index contributed by atoms with van der Waals surface area (Å²) in [6.45, 7) is 4.97. The van der Waals surface area contributed by atoms with E-state index < -0.39 is 0 Å². The first-order chi connectivity index (χ1) is 9.19. The molecule has 2 rings (SSSR count). The van der Waals surface area contributed by atoms with E-state index in [9.17, 15) is 0 Å². The summed E-state index contributed by atoms with van der Waals surface area (Å²) in [7, 11) is 0. The van der Waals surface area contributed by atoms with Crippen molar-refractivity contribution < 1.29 is 0 Å². The van der Waals surface area contributed by atoms with Crippen LogP contribution in [0, 0.1) is 0 Å². The van der Waals surface area contributed by atoms with Gasteiger partial charge in [-0.3, -0.25) is 4.98 Å². The fourth-order valence-electron chi connectivity index (χ4n) is 1.76. The first-order valence-corrected chi connectivity index (χ1v) is 7.06. The number of halogens is 1. The highest BCUT2D eigenvalue weighted by Crippen LogP contribution is 2.20. The minimum atomic E-state index is 0.180. The van der Waals surface area contributed by atoms with Gasteiger partial charge in [0.1, 0.15) is 11.6 Å². The lowest BCUT2D eigenvalue weighted by molar-refractivity contribution is 0.871. The molecule has 19 heavy (non-hydrogen) atoms. The van der Waals surface area contributed by atoms with Crippen LogP contribution in [0.25, 0.3) is 0 Å². The average molecular weight is 321 g/mol. The highest BCUT2D eigenvalue weighted by molar-refractivity contribution is 9.10. The highest BCUT2D eigenvalue weighted by Gasteiger charge is 2.06. The number of nitrogens with zero attached hydrogens (tertiary/aromatic N) is 2. The van der Waals surface area contributed by atoms with Crippen molar-refractivity contribution in [2.75, 3.05) is 17.2 Å². The minimum Gasteiger partial charge on any atom is -0.369 e.